The van der Waals surface area contributed by atoms with Crippen LogP contribution in [0.1, 0.15) is 18.4 Å². The molecule has 82 valence electrons. The van der Waals surface area contributed by atoms with Crippen LogP contribution in [0.3, 0.4) is 0 Å². The number of halogens is 2. The molecule has 0 amide bonds. The fourth-order valence-electron chi connectivity index (χ4n) is 1.82. The molecular formula is C11H13F2NO. The van der Waals surface area contributed by atoms with Crippen molar-refractivity contribution in [2.45, 2.75) is 18.3 Å². The van der Waals surface area contributed by atoms with E-state index in [1.807, 2.05) is 0 Å². The molecule has 0 aliphatic heterocycles. The lowest BCUT2D eigenvalue weighted by atomic mass is 9.96. The van der Waals surface area contributed by atoms with E-state index in [0.717, 1.165) is 12.8 Å². The molecule has 0 aromatic heterocycles. The highest BCUT2D eigenvalue weighted by molar-refractivity contribution is 5.38. The van der Waals surface area contributed by atoms with Crippen molar-refractivity contribution in [2.75, 3.05) is 13.7 Å². The van der Waals surface area contributed by atoms with Gasteiger partial charge in [-0.2, -0.15) is 0 Å². The average molecular weight is 213 g/mol. The van der Waals surface area contributed by atoms with Crippen molar-refractivity contribution >= 4 is 0 Å². The summed E-state index contributed by atoms with van der Waals surface area (Å²) in [6, 6.07) is 2.64. The molecule has 1 aromatic carbocycles. The van der Waals surface area contributed by atoms with E-state index in [1.165, 1.54) is 19.2 Å². The largest absolute Gasteiger partial charge is 0.491 e. The minimum atomic E-state index is -0.660. The normalized spacial score (nSPS) is 17.6. The standard InChI is InChI=1S/C11H13F2NO/c1-15-10-8(12)4-7(5-9(10)13)11(6-14)2-3-11/h4-5H,2-3,6,14H2,1H3. The maximum absolute atomic E-state index is 13.4. The van der Waals surface area contributed by atoms with E-state index in [0.29, 0.717) is 12.1 Å². The lowest BCUT2D eigenvalue weighted by Crippen LogP contribution is -2.20. The predicted octanol–water partition coefficient (Wildman–Crippen LogP) is 1.96. The minimum Gasteiger partial charge on any atom is -0.491 e. The second-order valence-electron chi connectivity index (χ2n) is 3.96. The van der Waals surface area contributed by atoms with Crippen LogP contribution < -0.4 is 10.5 Å². The molecule has 0 heterocycles. The third-order valence-electron chi connectivity index (χ3n) is 3.06. The van der Waals surface area contributed by atoms with E-state index < -0.39 is 11.6 Å². The van der Waals surface area contributed by atoms with E-state index in [9.17, 15) is 8.78 Å². The molecule has 0 radical (unpaired) electrons. The summed E-state index contributed by atoms with van der Waals surface area (Å²) in [5, 5.41) is 0. The Hall–Kier alpha value is -1.16. The van der Waals surface area contributed by atoms with Crippen molar-refractivity contribution in [1.82, 2.24) is 0 Å². The molecule has 1 aliphatic rings. The molecule has 0 atom stereocenters. The fraction of sp³-hybridized carbons (Fsp3) is 0.455. The fourth-order valence-corrected chi connectivity index (χ4v) is 1.82. The second-order valence-corrected chi connectivity index (χ2v) is 3.96. The zero-order valence-corrected chi connectivity index (χ0v) is 8.52. The van der Waals surface area contributed by atoms with Crippen LogP contribution in [0.15, 0.2) is 12.1 Å². The lowest BCUT2D eigenvalue weighted by Gasteiger charge is -2.14. The number of hydrogen-bond acceptors (Lipinski definition) is 2. The molecular weight excluding hydrogens is 200 g/mol. The molecule has 0 unspecified atom stereocenters. The maximum atomic E-state index is 13.4. The van der Waals surface area contributed by atoms with Gasteiger partial charge in [0.25, 0.3) is 0 Å². The van der Waals surface area contributed by atoms with Crippen LogP contribution in [0.25, 0.3) is 0 Å². The number of ether oxygens (including phenoxy) is 1. The minimum absolute atomic E-state index is 0.200. The summed E-state index contributed by atoms with van der Waals surface area (Å²) in [6.45, 7) is 0.429. The number of hydrogen-bond donors (Lipinski definition) is 1. The van der Waals surface area contributed by atoms with Gasteiger partial charge in [0.05, 0.1) is 7.11 Å². The summed E-state index contributed by atoms with van der Waals surface area (Å²) in [7, 11) is 1.25. The molecule has 2 N–H and O–H groups in total. The van der Waals surface area contributed by atoms with Gasteiger partial charge in [0.2, 0.25) is 0 Å². The second kappa shape index (κ2) is 3.45. The molecule has 0 spiro atoms. The van der Waals surface area contributed by atoms with Crippen molar-refractivity contribution in [3.8, 4) is 5.75 Å². The predicted molar refractivity (Wildman–Crippen MR) is 52.9 cm³/mol. The van der Waals surface area contributed by atoms with Crippen LogP contribution in [0, 0.1) is 11.6 Å². The lowest BCUT2D eigenvalue weighted by molar-refractivity contribution is 0.358. The van der Waals surface area contributed by atoms with Gasteiger partial charge in [-0.25, -0.2) is 8.78 Å². The number of methoxy groups -OCH3 is 1. The molecule has 2 nitrogen and oxygen atoms in total. The van der Waals surface area contributed by atoms with Gasteiger partial charge in [-0.1, -0.05) is 0 Å². The molecule has 0 saturated heterocycles. The van der Waals surface area contributed by atoms with Crippen molar-refractivity contribution in [1.29, 1.82) is 0 Å². The third-order valence-corrected chi connectivity index (χ3v) is 3.06. The van der Waals surface area contributed by atoms with Gasteiger partial charge in [-0.15, -0.1) is 0 Å². The van der Waals surface area contributed by atoms with Crippen molar-refractivity contribution < 1.29 is 13.5 Å². The molecule has 4 heteroatoms. The summed E-state index contributed by atoms with van der Waals surface area (Å²) in [6.07, 6.45) is 1.80. The first-order valence-corrected chi connectivity index (χ1v) is 4.86. The molecule has 1 aromatic rings. The van der Waals surface area contributed by atoms with E-state index >= 15 is 0 Å². The Morgan fingerprint density at radius 1 is 1.33 bits per heavy atom. The molecule has 1 saturated carbocycles. The summed E-state index contributed by atoms with van der Waals surface area (Å²) in [4.78, 5) is 0. The monoisotopic (exact) mass is 213 g/mol. The van der Waals surface area contributed by atoms with E-state index in [2.05, 4.69) is 4.74 Å². The van der Waals surface area contributed by atoms with Gasteiger partial charge in [0, 0.05) is 12.0 Å². The van der Waals surface area contributed by atoms with Crippen LogP contribution in [0.2, 0.25) is 0 Å². The Labute approximate surface area is 87.0 Å². The van der Waals surface area contributed by atoms with Crippen LogP contribution in [0.4, 0.5) is 8.78 Å². The van der Waals surface area contributed by atoms with Crippen molar-refractivity contribution in [3.63, 3.8) is 0 Å². The molecule has 1 fully saturated rings. The SMILES string of the molecule is COc1c(F)cc(C2(CN)CC2)cc1F. The summed E-state index contributed by atoms with van der Waals surface area (Å²) >= 11 is 0. The van der Waals surface area contributed by atoms with Crippen LogP contribution in [0.5, 0.6) is 5.75 Å². The highest BCUT2D eigenvalue weighted by atomic mass is 19.1. The van der Waals surface area contributed by atoms with E-state index in [1.54, 1.807) is 0 Å². The average Bonchev–Trinajstić information content (AvgIpc) is 2.97. The van der Waals surface area contributed by atoms with Crippen molar-refractivity contribution in [3.05, 3.63) is 29.3 Å². The molecule has 15 heavy (non-hydrogen) atoms. The molecule has 0 bridgehead atoms. The first-order chi connectivity index (χ1) is 7.13. The Kier molecular flexibility index (Phi) is 2.38. The summed E-state index contributed by atoms with van der Waals surface area (Å²) in [5.41, 5.74) is 6.03. The van der Waals surface area contributed by atoms with Gasteiger partial charge >= 0.3 is 0 Å². The summed E-state index contributed by atoms with van der Waals surface area (Å²) in [5.74, 6) is -1.65. The Morgan fingerprint density at radius 2 is 1.87 bits per heavy atom. The highest BCUT2D eigenvalue weighted by Crippen LogP contribution is 2.48. The quantitative estimate of drug-likeness (QED) is 0.833. The van der Waals surface area contributed by atoms with E-state index in [-0.39, 0.29) is 11.2 Å². The number of rotatable bonds is 3. The topological polar surface area (TPSA) is 35.2 Å². The summed E-state index contributed by atoms with van der Waals surface area (Å²) < 4.78 is 31.4. The van der Waals surface area contributed by atoms with Gasteiger partial charge in [-0.3, -0.25) is 0 Å². The smallest absolute Gasteiger partial charge is 0.190 e. The van der Waals surface area contributed by atoms with E-state index in [4.69, 9.17) is 5.73 Å². The zero-order chi connectivity index (χ0) is 11.1. The zero-order valence-electron chi connectivity index (χ0n) is 8.52. The Balaban J connectivity index is 2.44. The number of benzene rings is 1. The van der Waals surface area contributed by atoms with Gasteiger partial charge < -0.3 is 10.5 Å². The first-order valence-electron chi connectivity index (χ1n) is 4.86. The van der Waals surface area contributed by atoms with Crippen LogP contribution in [-0.4, -0.2) is 13.7 Å². The molecule has 2 rings (SSSR count). The van der Waals surface area contributed by atoms with Gasteiger partial charge in [0.15, 0.2) is 17.4 Å². The van der Waals surface area contributed by atoms with Crippen LogP contribution >= 0.6 is 0 Å². The van der Waals surface area contributed by atoms with Gasteiger partial charge in [-0.05, 0) is 30.5 Å². The van der Waals surface area contributed by atoms with Crippen molar-refractivity contribution in [2.24, 2.45) is 5.73 Å². The Bertz CT molecular complexity index is 365. The number of nitrogens with two attached hydrogens (primary N) is 1. The third kappa shape index (κ3) is 1.59. The van der Waals surface area contributed by atoms with Crippen LogP contribution in [-0.2, 0) is 5.41 Å². The molecule has 1 aliphatic carbocycles. The maximum Gasteiger partial charge on any atom is 0.190 e. The first kappa shape index (κ1) is 10.4. The van der Waals surface area contributed by atoms with Gasteiger partial charge in [0.1, 0.15) is 0 Å². The highest BCUT2D eigenvalue weighted by Gasteiger charge is 2.43. The Morgan fingerprint density at radius 3 is 2.20 bits per heavy atom.